The highest BCUT2D eigenvalue weighted by atomic mass is 35.5. The van der Waals surface area contributed by atoms with Gasteiger partial charge < -0.3 is 9.80 Å². The van der Waals surface area contributed by atoms with Crippen LogP contribution in [0.5, 0.6) is 0 Å². The maximum atomic E-state index is 13.4. The minimum absolute atomic E-state index is 0.138. The summed E-state index contributed by atoms with van der Waals surface area (Å²) in [6, 6.07) is 17.0. The van der Waals surface area contributed by atoms with E-state index in [-0.39, 0.29) is 5.91 Å². The van der Waals surface area contributed by atoms with Gasteiger partial charge in [-0.1, -0.05) is 60.5 Å². The predicted molar refractivity (Wildman–Crippen MR) is 123 cm³/mol. The van der Waals surface area contributed by atoms with Crippen LogP contribution < -0.4 is 0 Å². The van der Waals surface area contributed by atoms with E-state index in [1.807, 2.05) is 48.5 Å². The molecule has 2 atom stereocenters. The second kappa shape index (κ2) is 9.90. The molecule has 4 nitrogen and oxygen atoms in total. The number of likely N-dealkylation sites (tertiary alicyclic amines) is 1. The van der Waals surface area contributed by atoms with E-state index in [4.69, 9.17) is 11.6 Å². The van der Waals surface area contributed by atoms with Crippen LogP contribution in [0.2, 0.25) is 5.02 Å². The Bertz CT molecular complexity index is 941. The standard InChI is InChI=1S/C24H27ClN2O2S/c25-21-12-7-11-20(18-21)24-27(16-8-15-26-13-5-2-6-14-26)23(28)22(30(24)29)17-19-9-3-1-4-10-19/h1,3-4,7,9-12,17-18,24H,2,5-6,8,13-16H2/b22-17+. The number of carbonyl (C=O) groups excluding carboxylic acids is 1. The van der Waals surface area contributed by atoms with Crippen molar-refractivity contribution in [3.05, 3.63) is 75.7 Å². The van der Waals surface area contributed by atoms with E-state index in [1.165, 1.54) is 19.3 Å². The summed E-state index contributed by atoms with van der Waals surface area (Å²) in [5.74, 6) is -0.138. The molecule has 0 saturated carbocycles. The van der Waals surface area contributed by atoms with Gasteiger partial charge in [0.05, 0.1) is 10.8 Å². The van der Waals surface area contributed by atoms with Crippen molar-refractivity contribution in [2.75, 3.05) is 26.2 Å². The van der Waals surface area contributed by atoms with Crippen LogP contribution in [0.15, 0.2) is 59.5 Å². The Morgan fingerprint density at radius 1 is 1.00 bits per heavy atom. The molecule has 2 aromatic carbocycles. The van der Waals surface area contributed by atoms with Crippen LogP contribution in [-0.4, -0.2) is 46.1 Å². The maximum absolute atomic E-state index is 13.4. The van der Waals surface area contributed by atoms with E-state index in [9.17, 15) is 9.00 Å². The molecular formula is C24H27ClN2O2S. The number of amides is 1. The van der Waals surface area contributed by atoms with Crippen molar-refractivity contribution < 1.29 is 9.00 Å². The van der Waals surface area contributed by atoms with Crippen LogP contribution in [-0.2, 0) is 15.6 Å². The van der Waals surface area contributed by atoms with Crippen molar-refractivity contribution in [1.82, 2.24) is 9.80 Å². The summed E-state index contributed by atoms with van der Waals surface area (Å²) < 4.78 is 13.4. The molecule has 2 aliphatic heterocycles. The topological polar surface area (TPSA) is 40.6 Å². The van der Waals surface area contributed by atoms with Crippen molar-refractivity contribution in [2.45, 2.75) is 31.1 Å². The number of carbonyl (C=O) groups is 1. The molecule has 2 heterocycles. The highest BCUT2D eigenvalue weighted by Gasteiger charge is 2.42. The van der Waals surface area contributed by atoms with Crippen LogP contribution in [0.25, 0.3) is 6.08 Å². The summed E-state index contributed by atoms with van der Waals surface area (Å²) >= 11 is 6.20. The van der Waals surface area contributed by atoms with E-state index in [2.05, 4.69) is 4.90 Å². The summed E-state index contributed by atoms with van der Waals surface area (Å²) in [4.78, 5) is 17.9. The van der Waals surface area contributed by atoms with Gasteiger partial charge in [0, 0.05) is 11.6 Å². The van der Waals surface area contributed by atoms with Crippen molar-refractivity contribution in [2.24, 2.45) is 0 Å². The molecule has 158 valence electrons. The number of nitrogens with zero attached hydrogens (tertiary/aromatic N) is 2. The molecule has 0 bridgehead atoms. The Kier molecular flexibility index (Phi) is 7.03. The molecule has 4 rings (SSSR count). The third kappa shape index (κ3) is 4.85. The van der Waals surface area contributed by atoms with Crippen LogP contribution >= 0.6 is 11.6 Å². The zero-order valence-electron chi connectivity index (χ0n) is 17.0. The van der Waals surface area contributed by atoms with Gasteiger partial charge in [0.15, 0.2) is 0 Å². The summed E-state index contributed by atoms with van der Waals surface area (Å²) in [6.07, 6.45) is 6.45. The normalized spacial score (nSPS) is 24.0. The summed E-state index contributed by atoms with van der Waals surface area (Å²) in [5, 5.41) is 0.0956. The molecule has 0 aliphatic carbocycles. The Balaban J connectivity index is 1.58. The molecule has 30 heavy (non-hydrogen) atoms. The highest BCUT2D eigenvalue weighted by Crippen LogP contribution is 2.38. The fraction of sp³-hybridized carbons (Fsp3) is 0.375. The molecule has 2 fully saturated rings. The van der Waals surface area contributed by atoms with E-state index in [0.717, 1.165) is 37.2 Å². The number of rotatable bonds is 6. The second-order valence-electron chi connectivity index (χ2n) is 7.88. The van der Waals surface area contributed by atoms with Crippen molar-refractivity contribution >= 4 is 34.4 Å². The van der Waals surface area contributed by atoms with Gasteiger partial charge in [-0.3, -0.25) is 9.00 Å². The molecular weight excluding hydrogens is 416 g/mol. The van der Waals surface area contributed by atoms with Gasteiger partial charge in [0.1, 0.15) is 10.3 Å². The fourth-order valence-corrected chi connectivity index (χ4v) is 6.03. The van der Waals surface area contributed by atoms with Crippen LogP contribution in [0.4, 0.5) is 0 Å². The van der Waals surface area contributed by atoms with Gasteiger partial charge in [-0.2, -0.15) is 0 Å². The van der Waals surface area contributed by atoms with Gasteiger partial charge in [0.25, 0.3) is 5.91 Å². The predicted octanol–water partition coefficient (Wildman–Crippen LogP) is 4.85. The first-order valence-corrected chi connectivity index (χ1v) is 12.2. The Hall–Kier alpha value is -1.95. The first-order chi connectivity index (χ1) is 14.6. The number of benzene rings is 2. The second-order valence-corrected chi connectivity index (χ2v) is 9.80. The average Bonchev–Trinajstić information content (AvgIpc) is 3.00. The SMILES string of the molecule is O=C1/C(=C\c2ccccc2)S(=O)C(c2cccc(Cl)c2)N1CCCN1CCCCC1. The number of hydrogen-bond donors (Lipinski definition) is 0. The largest absolute Gasteiger partial charge is 0.319 e. The third-order valence-electron chi connectivity index (χ3n) is 5.73. The highest BCUT2D eigenvalue weighted by molar-refractivity contribution is 7.91. The van der Waals surface area contributed by atoms with Gasteiger partial charge in [0.2, 0.25) is 0 Å². The molecule has 0 radical (unpaired) electrons. The third-order valence-corrected chi connectivity index (χ3v) is 7.62. The van der Waals surface area contributed by atoms with E-state index in [0.29, 0.717) is 16.5 Å². The van der Waals surface area contributed by atoms with E-state index in [1.54, 1.807) is 17.0 Å². The lowest BCUT2D eigenvalue weighted by Crippen LogP contribution is -2.35. The monoisotopic (exact) mass is 442 g/mol. The number of piperidine rings is 1. The minimum Gasteiger partial charge on any atom is -0.319 e. The zero-order chi connectivity index (χ0) is 20.9. The molecule has 2 unspecified atom stereocenters. The molecule has 2 aromatic rings. The smallest absolute Gasteiger partial charge is 0.264 e. The molecule has 2 saturated heterocycles. The van der Waals surface area contributed by atoms with E-state index < -0.39 is 16.2 Å². The zero-order valence-corrected chi connectivity index (χ0v) is 18.6. The molecule has 6 heteroatoms. The summed E-state index contributed by atoms with van der Waals surface area (Å²) in [5.41, 5.74) is 1.71. The first kappa shape index (κ1) is 21.3. The molecule has 0 spiro atoms. The molecule has 1 amide bonds. The van der Waals surface area contributed by atoms with Gasteiger partial charge in [-0.25, -0.2) is 0 Å². The van der Waals surface area contributed by atoms with E-state index >= 15 is 0 Å². The van der Waals surface area contributed by atoms with Crippen LogP contribution in [0.3, 0.4) is 0 Å². The Labute approximate surface area is 186 Å². The van der Waals surface area contributed by atoms with Gasteiger partial charge in [-0.15, -0.1) is 0 Å². The average molecular weight is 443 g/mol. The van der Waals surface area contributed by atoms with Gasteiger partial charge >= 0.3 is 0 Å². The number of hydrogen-bond acceptors (Lipinski definition) is 3. The van der Waals surface area contributed by atoms with Crippen LogP contribution in [0, 0.1) is 0 Å². The Morgan fingerprint density at radius 2 is 1.77 bits per heavy atom. The molecule has 2 aliphatic rings. The quantitative estimate of drug-likeness (QED) is 0.600. The maximum Gasteiger partial charge on any atom is 0.264 e. The summed E-state index contributed by atoms with van der Waals surface area (Å²) in [6.45, 7) is 3.83. The van der Waals surface area contributed by atoms with Crippen LogP contribution in [0.1, 0.15) is 42.2 Å². The lowest BCUT2D eigenvalue weighted by atomic mass is 10.1. The van der Waals surface area contributed by atoms with Crippen molar-refractivity contribution in [3.63, 3.8) is 0 Å². The fourth-order valence-electron chi connectivity index (χ4n) is 4.22. The lowest BCUT2D eigenvalue weighted by molar-refractivity contribution is -0.126. The summed E-state index contributed by atoms with van der Waals surface area (Å²) in [7, 11) is -1.46. The molecule has 0 aromatic heterocycles. The van der Waals surface area contributed by atoms with Crippen molar-refractivity contribution in [3.8, 4) is 0 Å². The Morgan fingerprint density at radius 3 is 2.50 bits per heavy atom. The lowest BCUT2D eigenvalue weighted by Gasteiger charge is -2.28. The molecule has 0 N–H and O–H groups in total. The first-order valence-electron chi connectivity index (χ1n) is 10.6. The minimum atomic E-state index is -1.46. The van der Waals surface area contributed by atoms with Crippen molar-refractivity contribution in [1.29, 1.82) is 0 Å². The van der Waals surface area contributed by atoms with Gasteiger partial charge in [-0.05, 0) is 68.2 Å². The number of halogens is 1.